The number of carbonyl (C=O) groups is 1. The molecule has 2 N–H and O–H groups in total. The molecule has 0 spiro atoms. The second-order valence-electron chi connectivity index (χ2n) is 9.90. The number of amides is 1. The van der Waals surface area contributed by atoms with E-state index in [-0.39, 0.29) is 5.41 Å². The summed E-state index contributed by atoms with van der Waals surface area (Å²) >= 11 is 0. The Morgan fingerprint density at radius 3 is 2.26 bits per heavy atom. The third kappa shape index (κ3) is 7.71. The summed E-state index contributed by atoms with van der Waals surface area (Å²) in [6.45, 7) is 12.6. The van der Waals surface area contributed by atoms with E-state index in [1.807, 2.05) is 14.1 Å². The van der Waals surface area contributed by atoms with Crippen LogP contribution in [0.4, 0.5) is 5.69 Å². The van der Waals surface area contributed by atoms with Crippen LogP contribution in [0.3, 0.4) is 0 Å². The van der Waals surface area contributed by atoms with Gasteiger partial charge in [-0.1, -0.05) is 33.3 Å². The lowest BCUT2D eigenvalue weighted by Gasteiger charge is -2.34. The number of likely N-dealkylation sites (tertiary alicyclic amines) is 1. The third-order valence-electron chi connectivity index (χ3n) is 6.13. The Morgan fingerprint density at radius 2 is 1.77 bits per heavy atom. The Labute approximate surface area is 189 Å². The highest BCUT2D eigenvalue weighted by atomic mass is 16.2. The number of amidine groups is 1. The smallest absolute Gasteiger partial charge is 0.223 e. The first-order valence-corrected chi connectivity index (χ1v) is 11.6. The molecule has 0 aliphatic carbocycles. The van der Waals surface area contributed by atoms with E-state index in [2.05, 4.69) is 79.4 Å². The van der Waals surface area contributed by atoms with Crippen molar-refractivity contribution in [3.63, 3.8) is 0 Å². The highest BCUT2D eigenvalue weighted by molar-refractivity contribution is 6.00. The average molecular weight is 427 g/mol. The van der Waals surface area contributed by atoms with E-state index in [1.54, 1.807) is 0 Å². The maximum Gasteiger partial charge on any atom is 0.223 e. The van der Waals surface area contributed by atoms with Crippen molar-refractivity contribution in [2.75, 3.05) is 32.5 Å². The molecule has 2 rings (SSSR count). The molecule has 31 heavy (non-hydrogen) atoms. The van der Waals surface area contributed by atoms with Crippen LogP contribution in [-0.4, -0.2) is 43.8 Å². The molecule has 0 atom stereocenters. The Kier molecular flexibility index (Phi) is 9.15. The largest absolute Gasteiger partial charge is 0.388 e. The van der Waals surface area contributed by atoms with Crippen molar-refractivity contribution in [1.29, 1.82) is 0 Å². The van der Waals surface area contributed by atoms with Crippen LogP contribution < -0.4 is 10.6 Å². The lowest BCUT2D eigenvalue weighted by atomic mass is 9.88. The summed E-state index contributed by atoms with van der Waals surface area (Å²) < 4.78 is 0. The van der Waals surface area contributed by atoms with E-state index < -0.39 is 0 Å². The van der Waals surface area contributed by atoms with Gasteiger partial charge in [-0.05, 0) is 68.2 Å². The molecule has 0 unspecified atom stereocenters. The SMILES string of the molecule is CC/C(C)=C(\CC1CCN(C(=O)CC(C)(C)C)CC1)NC(=NC)c1ccc(NC)cc1. The summed E-state index contributed by atoms with van der Waals surface area (Å²) in [5.74, 6) is 1.80. The average Bonchev–Trinajstić information content (AvgIpc) is 2.75. The first kappa shape index (κ1) is 25.0. The number of hydrogen-bond acceptors (Lipinski definition) is 3. The number of hydrogen-bond donors (Lipinski definition) is 2. The standard InChI is InChI=1S/C26H42N4O/c1-8-19(2)23(29-25(28-7)21-9-11-22(27-6)12-10-21)17-20-13-15-30(16-14-20)24(31)18-26(3,4)5/h9-12,20,27H,8,13-18H2,1-7H3,(H,28,29)/b23-19+. The van der Waals surface area contributed by atoms with Crippen LogP contribution in [-0.2, 0) is 4.79 Å². The molecule has 1 aliphatic rings. The Balaban J connectivity index is 2.02. The monoisotopic (exact) mass is 426 g/mol. The predicted molar refractivity (Wildman–Crippen MR) is 133 cm³/mol. The molecule has 5 nitrogen and oxygen atoms in total. The van der Waals surface area contributed by atoms with Crippen molar-refractivity contribution < 1.29 is 4.79 Å². The second kappa shape index (κ2) is 11.4. The fourth-order valence-electron chi connectivity index (χ4n) is 3.98. The molecule has 1 fully saturated rings. The van der Waals surface area contributed by atoms with Crippen molar-refractivity contribution in [2.45, 2.75) is 66.7 Å². The van der Waals surface area contributed by atoms with Crippen LogP contribution in [0.15, 0.2) is 40.5 Å². The quantitative estimate of drug-likeness (QED) is 0.451. The first-order valence-electron chi connectivity index (χ1n) is 11.6. The van der Waals surface area contributed by atoms with Crippen LogP contribution in [0.25, 0.3) is 0 Å². The van der Waals surface area contributed by atoms with Crippen LogP contribution >= 0.6 is 0 Å². The fourth-order valence-corrected chi connectivity index (χ4v) is 3.98. The number of nitrogens with zero attached hydrogens (tertiary/aromatic N) is 2. The second-order valence-corrected chi connectivity index (χ2v) is 9.90. The van der Waals surface area contributed by atoms with Crippen molar-refractivity contribution in [3.05, 3.63) is 41.1 Å². The Bertz CT molecular complexity index is 779. The highest BCUT2D eigenvalue weighted by Gasteiger charge is 2.26. The number of rotatable bonds is 7. The van der Waals surface area contributed by atoms with Gasteiger partial charge in [-0.3, -0.25) is 9.79 Å². The predicted octanol–water partition coefficient (Wildman–Crippen LogP) is 5.44. The normalized spacial score (nSPS) is 16.7. The van der Waals surface area contributed by atoms with Gasteiger partial charge in [0.15, 0.2) is 0 Å². The zero-order valence-electron chi connectivity index (χ0n) is 20.6. The zero-order chi connectivity index (χ0) is 23.0. The summed E-state index contributed by atoms with van der Waals surface area (Å²) in [4.78, 5) is 19.2. The van der Waals surface area contributed by atoms with Crippen molar-refractivity contribution in [1.82, 2.24) is 10.2 Å². The van der Waals surface area contributed by atoms with E-state index >= 15 is 0 Å². The van der Waals surface area contributed by atoms with Crippen LogP contribution in [0.5, 0.6) is 0 Å². The van der Waals surface area contributed by atoms with Gasteiger partial charge in [0.2, 0.25) is 5.91 Å². The van der Waals surface area contributed by atoms with E-state index in [0.717, 1.165) is 55.9 Å². The number of anilines is 1. The number of aliphatic imine (C=N–C) groups is 1. The minimum absolute atomic E-state index is 0.0489. The summed E-state index contributed by atoms with van der Waals surface area (Å²) in [6, 6.07) is 8.34. The van der Waals surface area contributed by atoms with Gasteiger partial charge in [0.25, 0.3) is 0 Å². The van der Waals surface area contributed by atoms with Gasteiger partial charge in [-0.2, -0.15) is 0 Å². The molecular weight excluding hydrogens is 384 g/mol. The molecule has 172 valence electrons. The zero-order valence-corrected chi connectivity index (χ0v) is 20.6. The van der Waals surface area contributed by atoms with E-state index in [4.69, 9.17) is 0 Å². The molecule has 1 aromatic rings. The molecule has 1 saturated heterocycles. The molecular formula is C26H42N4O. The van der Waals surface area contributed by atoms with E-state index in [0.29, 0.717) is 18.2 Å². The number of benzene rings is 1. The number of piperidine rings is 1. The first-order chi connectivity index (χ1) is 14.7. The molecule has 0 aromatic heterocycles. The van der Waals surface area contributed by atoms with Crippen molar-refractivity contribution >= 4 is 17.4 Å². The van der Waals surface area contributed by atoms with Gasteiger partial charge in [-0.25, -0.2) is 0 Å². The molecule has 0 saturated carbocycles. The van der Waals surface area contributed by atoms with E-state index in [9.17, 15) is 4.79 Å². The van der Waals surface area contributed by atoms with Gasteiger partial charge < -0.3 is 15.5 Å². The number of carbonyl (C=O) groups excluding carboxylic acids is 1. The van der Waals surface area contributed by atoms with Crippen LogP contribution in [0.1, 0.15) is 72.3 Å². The summed E-state index contributed by atoms with van der Waals surface area (Å²) in [6.07, 6.45) is 4.78. The molecule has 5 heteroatoms. The minimum Gasteiger partial charge on any atom is -0.388 e. The van der Waals surface area contributed by atoms with Crippen LogP contribution in [0, 0.1) is 11.3 Å². The maximum atomic E-state index is 12.6. The summed E-state index contributed by atoms with van der Waals surface area (Å²) in [5.41, 5.74) is 4.88. The fraction of sp³-hybridized carbons (Fsp3) is 0.615. The summed E-state index contributed by atoms with van der Waals surface area (Å²) in [7, 11) is 3.77. The van der Waals surface area contributed by atoms with Gasteiger partial charge in [-0.15, -0.1) is 0 Å². The Hall–Kier alpha value is -2.30. The third-order valence-corrected chi connectivity index (χ3v) is 6.13. The molecule has 0 bridgehead atoms. The lowest BCUT2D eigenvalue weighted by Crippen LogP contribution is -2.40. The molecule has 1 heterocycles. The van der Waals surface area contributed by atoms with Crippen LogP contribution in [0.2, 0.25) is 0 Å². The molecule has 1 aliphatic heterocycles. The van der Waals surface area contributed by atoms with E-state index in [1.165, 1.54) is 11.3 Å². The topological polar surface area (TPSA) is 56.7 Å². The van der Waals surface area contributed by atoms with Gasteiger partial charge in [0.05, 0.1) is 0 Å². The minimum atomic E-state index is 0.0489. The number of nitrogens with one attached hydrogen (secondary N) is 2. The molecule has 1 aromatic carbocycles. The van der Waals surface area contributed by atoms with Gasteiger partial charge >= 0.3 is 0 Å². The van der Waals surface area contributed by atoms with Crippen molar-refractivity contribution in [3.8, 4) is 0 Å². The Morgan fingerprint density at radius 1 is 1.16 bits per heavy atom. The maximum absolute atomic E-state index is 12.6. The van der Waals surface area contributed by atoms with Gasteiger partial charge in [0.1, 0.15) is 5.84 Å². The van der Waals surface area contributed by atoms with Crippen molar-refractivity contribution in [2.24, 2.45) is 16.3 Å². The van der Waals surface area contributed by atoms with Gasteiger partial charge in [0, 0.05) is 50.6 Å². The number of allylic oxidation sites excluding steroid dienone is 2. The highest BCUT2D eigenvalue weighted by Crippen LogP contribution is 2.28. The summed E-state index contributed by atoms with van der Waals surface area (Å²) in [5, 5.41) is 6.81. The lowest BCUT2D eigenvalue weighted by molar-refractivity contribution is -0.134. The molecule has 0 radical (unpaired) electrons. The molecule has 1 amide bonds.